The van der Waals surface area contributed by atoms with Gasteiger partial charge in [-0.3, -0.25) is 14.9 Å². The van der Waals surface area contributed by atoms with Crippen LogP contribution in [0, 0.1) is 10.1 Å². The molecule has 1 heterocycles. The van der Waals surface area contributed by atoms with Crippen molar-refractivity contribution in [3.63, 3.8) is 0 Å². The molecular weight excluding hydrogens is 354 g/mol. The van der Waals surface area contributed by atoms with E-state index < -0.39 is 28.9 Å². The number of ether oxygens (including phenoxy) is 2. The lowest BCUT2D eigenvalue weighted by atomic mass is 10.1. The molecule has 2 rings (SSSR count). The molecule has 122 valence electrons. The lowest BCUT2D eigenvalue weighted by Gasteiger charge is -2.11. The van der Waals surface area contributed by atoms with E-state index in [9.17, 15) is 23.7 Å². The van der Waals surface area contributed by atoms with Crippen LogP contribution in [-0.4, -0.2) is 28.9 Å². The molecule has 1 aliphatic heterocycles. The largest absolute Gasteiger partial charge is 0.493 e. The number of halogens is 2. The Bertz CT molecular complexity index is 724. The number of nitrogens with one attached hydrogen (secondary N) is 1. The topological polar surface area (TPSA) is 90.7 Å². The summed E-state index contributed by atoms with van der Waals surface area (Å²) >= 11 is 5.75. The Balaban J connectivity index is 2.54. The number of carbonyl (C=O) groups excluding carboxylic acids is 1. The third kappa shape index (κ3) is 3.93. The second-order valence-corrected chi connectivity index (χ2v) is 5.77. The van der Waals surface area contributed by atoms with E-state index in [0.717, 1.165) is 23.9 Å². The van der Waals surface area contributed by atoms with Crippen LogP contribution >= 0.6 is 24.0 Å². The molecule has 1 saturated heterocycles. The van der Waals surface area contributed by atoms with Crippen molar-refractivity contribution in [3.8, 4) is 11.5 Å². The van der Waals surface area contributed by atoms with E-state index in [0.29, 0.717) is 0 Å². The summed E-state index contributed by atoms with van der Waals surface area (Å²) < 4.78 is 34.0. The molecule has 11 heteroatoms. The fourth-order valence-electron chi connectivity index (χ4n) is 1.75. The number of benzene rings is 1. The molecule has 1 aromatic rings. The van der Waals surface area contributed by atoms with Crippen LogP contribution in [0.25, 0.3) is 6.08 Å². The van der Waals surface area contributed by atoms with E-state index in [-0.39, 0.29) is 20.5 Å². The van der Waals surface area contributed by atoms with Crippen LogP contribution in [0.4, 0.5) is 14.5 Å². The van der Waals surface area contributed by atoms with E-state index in [1.165, 1.54) is 13.2 Å². The summed E-state index contributed by atoms with van der Waals surface area (Å²) in [5.41, 5.74) is -0.518. The van der Waals surface area contributed by atoms with Crippen LogP contribution < -0.4 is 14.8 Å². The zero-order chi connectivity index (χ0) is 17.1. The molecule has 1 amide bonds. The number of rotatable bonds is 5. The average Bonchev–Trinajstić information content (AvgIpc) is 2.77. The Morgan fingerprint density at radius 1 is 1.43 bits per heavy atom. The lowest BCUT2D eigenvalue weighted by molar-refractivity contribution is -0.385. The molecule has 0 aromatic heterocycles. The van der Waals surface area contributed by atoms with Crippen molar-refractivity contribution in [3.05, 3.63) is 32.7 Å². The molecule has 1 fully saturated rings. The van der Waals surface area contributed by atoms with Gasteiger partial charge in [0.2, 0.25) is 0 Å². The van der Waals surface area contributed by atoms with Crippen molar-refractivity contribution >= 4 is 46.0 Å². The van der Waals surface area contributed by atoms with Crippen LogP contribution in [0.2, 0.25) is 0 Å². The molecule has 0 saturated carbocycles. The predicted octanol–water partition coefficient (Wildman–Crippen LogP) is 2.69. The first-order chi connectivity index (χ1) is 10.8. The summed E-state index contributed by atoms with van der Waals surface area (Å²) in [7, 11) is 1.20. The van der Waals surface area contributed by atoms with Gasteiger partial charge in [-0.25, -0.2) is 0 Å². The molecule has 1 aromatic carbocycles. The van der Waals surface area contributed by atoms with E-state index in [1.54, 1.807) is 0 Å². The Morgan fingerprint density at radius 2 is 2.13 bits per heavy atom. The molecule has 0 atom stereocenters. The van der Waals surface area contributed by atoms with Crippen molar-refractivity contribution in [2.24, 2.45) is 0 Å². The summed E-state index contributed by atoms with van der Waals surface area (Å²) in [6.07, 6.45) is 1.23. The van der Waals surface area contributed by atoms with Gasteiger partial charge in [0.05, 0.1) is 28.6 Å². The standard InChI is InChI=1S/C12H8F2N2O5S2/c1-20-7-2-5(3-9-10(17)15-12(22)23-9)6(16(18)19)4-8(7)21-11(13)14/h2-4,11H,1H3,(H,15,17,22)/b9-3-. The minimum Gasteiger partial charge on any atom is -0.493 e. The van der Waals surface area contributed by atoms with Crippen LogP contribution in [0.15, 0.2) is 17.0 Å². The predicted molar refractivity (Wildman–Crippen MR) is 82.6 cm³/mol. The highest BCUT2D eigenvalue weighted by Crippen LogP contribution is 2.38. The molecule has 7 nitrogen and oxygen atoms in total. The van der Waals surface area contributed by atoms with Crippen molar-refractivity contribution in [2.75, 3.05) is 7.11 Å². The Kier molecular flexibility index (Phi) is 5.11. The lowest BCUT2D eigenvalue weighted by Crippen LogP contribution is -2.17. The molecular formula is C12H8F2N2O5S2. The molecule has 0 spiro atoms. The Morgan fingerprint density at radius 3 is 2.61 bits per heavy atom. The highest BCUT2D eigenvalue weighted by Gasteiger charge is 2.26. The van der Waals surface area contributed by atoms with Crippen LogP contribution in [0.5, 0.6) is 11.5 Å². The number of methoxy groups -OCH3 is 1. The van der Waals surface area contributed by atoms with Crippen molar-refractivity contribution in [1.82, 2.24) is 5.32 Å². The van der Waals surface area contributed by atoms with Gasteiger partial charge in [0.15, 0.2) is 11.5 Å². The number of nitro benzene ring substituents is 1. The van der Waals surface area contributed by atoms with Crippen molar-refractivity contribution in [2.45, 2.75) is 6.61 Å². The third-order valence-corrected chi connectivity index (χ3v) is 3.82. The highest BCUT2D eigenvalue weighted by molar-refractivity contribution is 8.26. The average molecular weight is 362 g/mol. The fraction of sp³-hybridized carbons (Fsp3) is 0.167. The number of nitrogens with zero attached hydrogens (tertiary/aromatic N) is 1. The van der Waals surface area contributed by atoms with Crippen LogP contribution in [0.1, 0.15) is 5.56 Å². The quantitative estimate of drug-likeness (QED) is 0.373. The zero-order valence-corrected chi connectivity index (χ0v) is 13.0. The molecule has 0 unspecified atom stereocenters. The first-order valence-electron chi connectivity index (χ1n) is 5.88. The zero-order valence-electron chi connectivity index (χ0n) is 11.4. The number of hydrogen-bond acceptors (Lipinski definition) is 7. The minimum absolute atomic E-state index is 0.00387. The van der Waals surface area contributed by atoms with E-state index in [1.807, 2.05) is 0 Å². The van der Waals surface area contributed by atoms with Gasteiger partial charge < -0.3 is 14.8 Å². The maximum atomic E-state index is 12.4. The first kappa shape index (κ1) is 17.1. The first-order valence-corrected chi connectivity index (χ1v) is 7.10. The van der Waals surface area contributed by atoms with Gasteiger partial charge in [-0.15, -0.1) is 0 Å². The van der Waals surface area contributed by atoms with E-state index in [2.05, 4.69) is 10.1 Å². The van der Waals surface area contributed by atoms with Crippen molar-refractivity contribution < 1.29 is 28.0 Å². The summed E-state index contributed by atoms with van der Waals surface area (Å²) in [5, 5.41) is 13.5. The molecule has 1 N–H and O–H groups in total. The monoisotopic (exact) mass is 362 g/mol. The summed E-state index contributed by atoms with van der Waals surface area (Å²) in [6.45, 7) is -3.17. The maximum absolute atomic E-state index is 12.4. The van der Waals surface area contributed by atoms with Crippen molar-refractivity contribution in [1.29, 1.82) is 0 Å². The van der Waals surface area contributed by atoms with Crippen LogP contribution in [-0.2, 0) is 4.79 Å². The second kappa shape index (κ2) is 6.87. The number of nitro groups is 1. The van der Waals surface area contributed by atoms with Gasteiger partial charge in [0.25, 0.3) is 11.6 Å². The number of thioether (sulfide) groups is 1. The number of thiocarbonyl (C=S) groups is 1. The number of carbonyl (C=O) groups is 1. The molecule has 0 radical (unpaired) electrons. The number of hydrogen-bond donors (Lipinski definition) is 1. The van der Waals surface area contributed by atoms with Gasteiger partial charge in [-0.1, -0.05) is 24.0 Å². The molecule has 0 bridgehead atoms. The fourth-order valence-corrected chi connectivity index (χ4v) is 2.78. The van der Waals surface area contributed by atoms with Gasteiger partial charge in [-0.2, -0.15) is 8.78 Å². The highest BCUT2D eigenvalue weighted by atomic mass is 32.2. The van der Waals surface area contributed by atoms with Gasteiger partial charge >= 0.3 is 6.61 Å². The minimum atomic E-state index is -3.17. The maximum Gasteiger partial charge on any atom is 0.387 e. The molecule has 0 aliphatic carbocycles. The summed E-state index contributed by atoms with van der Waals surface area (Å²) in [5.74, 6) is -1.11. The van der Waals surface area contributed by atoms with Gasteiger partial charge in [-0.05, 0) is 12.1 Å². The van der Waals surface area contributed by atoms with E-state index in [4.69, 9.17) is 17.0 Å². The molecule has 23 heavy (non-hydrogen) atoms. The summed E-state index contributed by atoms with van der Waals surface area (Å²) in [6, 6.07) is 1.95. The number of alkyl halides is 2. The number of amides is 1. The normalized spacial score (nSPS) is 15.9. The van der Waals surface area contributed by atoms with E-state index >= 15 is 0 Å². The van der Waals surface area contributed by atoms with Gasteiger partial charge in [0, 0.05) is 0 Å². The Labute approximate surface area is 137 Å². The smallest absolute Gasteiger partial charge is 0.387 e. The third-order valence-electron chi connectivity index (χ3n) is 2.65. The molecule has 1 aliphatic rings. The SMILES string of the molecule is COc1cc(/C=C2\SC(=S)NC2=O)c([N+](=O)[O-])cc1OC(F)F. The Hall–Kier alpha value is -2.27. The second-order valence-electron chi connectivity index (χ2n) is 4.05. The van der Waals surface area contributed by atoms with Gasteiger partial charge in [0.1, 0.15) is 4.32 Å². The van der Waals surface area contributed by atoms with Crippen LogP contribution in [0.3, 0.4) is 0 Å². The summed E-state index contributed by atoms with van der Waals surface area (Å²) in [4.78, 5) is 22.1.